The van der Waals surface area contributed by atoms with Gasteiger partial charge >= 0.3 is 0 Å². The van der Waals surface area contributed by atoms with Gasteiger partial charge < -0.3 is 14.8 Å². The summed E-state index contributed by atoms with van der Waals surface area (Å²) in [6, 6.07) is 6.47. The van der Waals surface area contributed by atoms with Gasteiger partial charge in [0.05, 0.1) is 6.61 Å². The van der Waals surface area contributed by atoms with E-state index in [-0.39, 0.29) is 0 Å². The molecule has 0 spiro atoms. The summed E-state index contributed by atoms with van der Waals surface area (Å²) in [6.45, 7) is 9.30. The minimum atomic E-state index is 0.340. The zero-order chi connectivity index (χ0) is 14.1. The molecule has 1 rings (SSSR count). The van der Waals surface area contributed by atoms with E-state index >= 15 is 0 Å². The second-order valence-corrected chi connectivity index (χ2v) is 5.26. The minimum absolute atomic E-state index is 0.340. The lowest BCUT2D eigenvalue weighted by atomic mass is 10.1. The summed E-state index contributed by atoms with van der Waals surface area (Å²) in [5.74, 6) is 0.873. The smallest absolute Gasteiger partial charge is 0.120 e. The van der Waals surface area contributed by atoms with E-state index in [1.54, 1.807) is 0 Å². The van der Waals surface area contributed by atoms with E-state index in [0.717, 1.165) is 29.8 Å². The normalized spacial score (nSPS) is 12.4. The first-order valence-corrected chi connectivity index (χ1v) is 7.71. The van der Waals surface area contributed by atoms with Crippen molar-refractivity contribution in [3.8, 4) is 5.75 Å². The summed E-state index contributed by atoms with van der Waals surface area (Å²) >= 11 is 3.61. The van der Waals surface area contributed by atoms with Crippen LogP contribution in [0, 0.1) is 0 Å². The summed E-state index contributed by atoms with van der Waals surface area (Å²) in [7, 11) is 0. The third-order valence-corrected chi connectivity index (χ3v) is 3.53. The van der Waals surface area contributed by atoms with Crippen molar-refractivity contribution in [3.63, 3.8) is 0 Å². The molecule has 108 valence electrons. The van der Waals surface area contributed by atoms with Crippen molar-refractivity contribution in [2.75, 3.05) is 26.4 Å². The van der Waals surface area contributed by atoms with Gasteiger partial charge in [-0.15, -0.1) is 0 Å². The molecule has 4 heteroatoms. The summed E-state index contributed by atoms with van der Waals surface area (Å²) < 4.78 is 12.0. The van der Waals surface area contributed by atoms with Crippen LogP contribution < -0.4 is 10.1 Å². The molecular formula is C15H24BrNO2. The molecule has 0 aromatic heterocycles. The van der Waals surface area contributed by atoms with Gasteiger partial charge in [-0.25, -0.2) is 0 Å². The molecule has 1 atom stereocenters. The average molecular weight is 330 g/mol. The number of rotatable bonds is 9. The molecule has 0 amide bonds. The summed E-state index contributed by atoms with van der Waals surface area (Å²) in [5, 5.41) is 3.48. The van der Waals surface area contributed by atoms with Crippen molar-refractivity contribution in [3.05, 3.63) is 28.2 Å². The number of halogens is 1. The largest absolute Gasteiger partial charge is 0.491 e. The number of hydrogen-bond donors (Lipinski definition) is 1. The average Bonchev–Trinajstić information content (AvgIpc) is 2.41. The zero-order valence-electron chi connectivity index (χ0n) is 12.0. The Morgan fingerprint density at radius 2 is 2.05 bits per heavy atom. The maximum atomic E-state index is 5.63. The van der Waals surface area contributed by atoms with Crippen LogP contribution in [-0.2, 0) is 4.74 Å². The van der Waals surface area contributed by atoms with Gasteiger partial charge in [0, 0.05) is 17.1 Å². The van der Waals surface area contributed by atoms with E-state index in [4.69, 9.17) is 9.47 Å². The van der Waals surface area contributed by atoms with Gasteiger partial charge in [-0.2, -0.15) is 0 Å². The third-order valence-electron chi connectivity index (χ3n) is 2.84. The molecule has 1 N–H and O–H groups in total. The zero-order valence-corrected chi connectivity index (χ0v) is 13.6. The Kier molecular flexibility index (Phi) is 8.10. The Labute approximate surface area is 124 Å². The van der Waals surface area contributed by atoms with Gasteiger partial charge in [0.2, 0.25) is 0 Å². The molecule has 1 unspecified atom stereocenters. The highest BCUT2D eigenvalue weighted by Crippen LogP contribution is 2.27. The van der Waals surface area contributed by atoms with Crippen molar-refractivity contribution in [2.45, 2.75) is 33.2 Å². The van der Waals surface area contributed by atoms with Gasteiger partial charge in [-0.3, -0.25) is 0 Å². The summed E-state index contributed by atoms with van der Waals surface area (Å²) in [4.78, 5) is 0. The van der Waals surface area contributed by atoms with Gasteiger partial charge in [0.1, 0.15) is 12.4 Å². The second kappa shape index (κ2) is 9.34. The van der Waals surface area contributed by atoms with Gasteiger partial charge in [-0.1, -0.05) is 28.9 Å². The molecule has 0 saturated heterocycles. The lowest BCUT2D eigenvalue weighted by Gasteiger charge is -2.16. The van der Waals surface area contributed by atoms with Gasteiger partial charge in [0.25, 0.3) is 0 Å². The third kappa shape index (κ3) is 5.93. The lowest BCUT2D eigenvalue weighted by Crippen LogP contribution is -2.19. The molecule has 0 saturated carbocycles. The molecule has 0 aliphatic rings. The van der Waals surface area contributed by atoms with Crippen LogP contribution in [0.3, 0.4) is 0 Å². The topological polar surface area (TPSA) is 30.5 Å². The fourth-order valence-electron chi connectivity index (χ4n) is 1.78. The highest BCUT2D eigenvalue weighted by molar-refractivity contribution is 9.10. The van der Waals surface area contributed by atoms with Crippen LogP contribution in [0.15, 0.2) is 22.7 Å². The van der Waals surface area contributed by atoms with Crippen LogP contribution in [0.2, 0.25) is 0 Å². The summed E-state index contributed by atoms with van der Waals surface area (Å²) in [6.07, 6.45) is 1.14. The molecule has 0 aliphatic heterocycles. The molecule has 3 nitrogen and oxygen atoms in total. The SMILES string of the molecule is CCCNC(C)c1ccc(OCCOCC)cc1Br. The molecular weight excluding hydrogens is 306 g/mol. The van der Waals surface area contributed by atoms with Crippen LogP contribution in [0.4, 0.5) is 0 Å². The fourth-order valence-corrected chi connectivity index (χ4v) is 2.48. The van der Waals surface area contributed by atoms with Crippen LogP contribution >= 0.6 is 15.9 Å². The van der Waals surface area contributed by atoms with E-state index < -0.39 is 0 Å². The van der Waals surface area contributed by atoms with Crippen molar-refractivity contribution < 1.29 is 9.47 Å². The Morgan fingerprint density at radius 3 is 2.68 bits per heavy atom. The molecule has 19 heavy (non-hydrogen) atoms. The van der Waals surface area contributed by atoms with Crippen LogP contribution in [0.5, 0.6) is 5.75 Å². The Hall–Kier alpha value is -0.580. The van der Waals surface area contributed by atoms with Crippen molar-refractivity contribution in [1.29, 1.82) is 0 Å². The maximum Gasteiger partial charge on any atom is 0.120 e. The number of nitrogens with one attached hydrogen (secondary N) is 1. The molecule has 1 aromatic carbocycles. The highest BCUT2D eigenvalue weighted by Gasteiger charge is 2.09. The first-order valence-electron chi connectivity index (χ1n) is 6.92. The Bertz CT molecular complexity index is 371. The van der Waals surface area contributed by atoms with E-state index in [2.05, 4.69) is 41.2 Å². The Balaban J connectivity index is 2.53. The van der Waals surface area contributed by atoms with E-state index in [1.165, 1.54) is 5.56 Å². The fraction of sp³-hybridized carbons (Fsp3) is 0.600. The molecule has 0 heterocycles. The van der Waals surface area contributed by atoms with Crippen molar-refractivity contribution in [2.24, 2.45) is 0 Å². The lowest BCUT2D eigenvalue weighted by molar-refractivity contribution is 0.110. The number of benzene rings is 1. The van der Waals surface area contributed by atoms with Crippen molar-refractivity contribution >= 4 is 15.9 Å². The van der Waals surface area contributed by atoms with E-state index in [0.29, 0.717) is 19.3 Å². The molecule has 1 aromatic rings. The van der Waals surface area contributed by atoms with Crippen molar-refractivity contribution in [1.82, 2.24) is 5.32 Å². The predicted octanol–water partition coefficient (Wildman–Crippen LogP) is 3.93. The first kappa shape index (κ1) is 16.5. The summed E-state index contributed by atoms with van der Waals surface area (Å²) in [5.41, 5.74) is 1.26. The molecule has 0 bridgehead atoms. The Morgan fingerprint density at radius 1 is 1.26 bits per heavy atom. The molecule has 0 aliphatic carbocycles. The monoisotopic (exact) mass is 329 g/mol. The van der Waals surface area contributed by atoms with Crippen LogP contribution in [0.1, 0.15) is 38.8 Å². The predicted molar refractivity (Wildman–Crippen MR) is 82.8 cm³/mol. The molecule has 0 fully saturated rings. The quantitative estimate of drug-likeness (QED) is 0.696. The van der Waals surface area contributed by atoms with Crippen LogP contribution in [-0.4, -0.2) is 26.4 Å². The molecule has 0 radical (unpaired) electrons. The second-order valence-electron chi connectivity index (χ2n) is 4.40. The highest BCUT2D eigenvalue weighted by atomic mass is 79.9. The van der Waals surface area contributed by atoms with Crippen LogP contribution in [0.25, 0.3) is 0 Å². The van der Waals surface area contributed by atoms with Gasteiger partial charge in [0.15, 0.2) is 0 Å². The van der Waals surface area contributed by atoms with E-state index in [1.807, 2.05) is 19.1 Å². The van der Waals surface area contributed by atoms with E-state index in [9.17, 15) is 0 Å². The van der Waals surface area contributed by atoms with Gasteiger partial charge in [-0.05, 0) is 44.5 Å². The number of ether oxygens (including phenoxy) is 2. The maximum absolute atomic E-state index is 5.63. The number of hydrogen-bond acceptors (Lipinski definition) is 3. The minimum Gasteiger partial charge on any atom is -0.491 e. The standard InChI is InChI=1S/C15H24BrNO2/c1-4-8-17-12(3)14-7-6-13(11-15(14)16)19-10-9-18-5-2/h6-7,11-12,17H,4-5,8-10H2,1-3H3. The first-order chi connectivity index (χ1) is 9.19.